The van der Waals surface area contributed by atoms with Crippen LogP contribution in [0.4, 0.5) is 23.2 Å². The van der Waals surface area contributed by atoms with Crippen molar-refractivity contribution in [3.63, 3.8) is 0 Å². The number of ether oxygens (including phenoxy) is 1. The van der Waals surface area contributed by atoms with Gasteiger partial charge in [0.05, 0.1) is 0 Å². The highest BCUT2D eigenvalue weighted by Crippen LogP contribution is 2.38. The topological polar surface area (TPSA) is 58.6 Å². The van der Waals surface area contributed by atoms with Crippen LogP contribution in [-0.4, -0.2) is 24.2 Å². The van der Waals surface area contributed by atoms with Crippen LogP contribution in [0.15, 0.2) is 60.7 Å². The van der Waals surface area contributed by atoms with Crippen LogP contribution in [0, 0.1) is 11.6 Å². The number of benzene rings is 3. The average molecular weight is 419 g/mol. The molecule has 0 aliphatic heterocycles. The third-order valence-electron chi connectivity index (χ3n) is 4.35. The molecule has 8 heteroatoms. The fourth-order valence-electron chi connectivity index (χ4n) is 3.13. The van der Waals surface area contributed by atoms with E-state index in [0.29, 0.717) is 11.1 Å². The summed E-state index contributed by atoms with van der Waals surface area (Å²) in [4.78, 5) is 12.6. The molecule has 0 aliphatic rings. The molecule has 0 saturated heterocycles. The summed E-state index contributed by atoms with van der Waals surface area (Å²) in [7, 11) is 0. The van der Waals surface area contributed by atoms with E-state index in [1.54, 1.807) is 30.3 Å². The van der Waals surface area contributed by atoms with Gasteiger partial charge in [0.15, 0.2) is 0 Å². The predicted octanol–water partition coefficient (Wildman–Crippen LogP) is 5.02. The second-order valence-electron chi connectivity index (χ2n) is 6.23. The van der Waals surface area contributed by atoms with E-state index < -0.39 is 29.7 Å². The summed E-state index contributed by atoms with van der Waals surface area (Å²) in [6, 6.07) is 14.0. The van der Waals surface area contributed by atoms with Gasteiger partial charge in [-0.1, -0.05) is 36.4 Å². The zero-order chi connectivity index (χ0) is 21.7. The molecular formula is C22H17F4NO3. The molecule has 2 N–H and O–H groups in total. The van der Waals surface area contributed by atoms with E-state index >= 15 is 0 Å². The molecule has 3 rings (SSSR count). The first-order valence-electron chi connectivity index (χ1n) is 8.94. The van der Waals surface area contributed by atoms with E-state index in [4.69, 9.17) is 0 Å². The molecule has 0 fully saturated rings. The van der Waals surface area contributed by atoms with E-state index in [1.807, 2.05) is 0 Å². The number of aliphatic hydroxyl groups is 1. The highest BCUT2D eigenvalue weighted by atomic mass is 19.3. The van der Waals surface area contributed by atoms with Crippen molar-refractivity contribution in [2.75, 3.05) is 11.9 Å². The molecule has 0 radical (unpaired) electrons. The van der Waals surface area contributed by atoms with Crippen molar-refractivity contribution < 1.29 is 32.2 Å². The van der Waals surface area contributed by atoms with E-state index in [-0.39, 0.29) is 30.0 Å². The lowest BCUT2D eigenvalue weighted by atomic mass is 9.94. The lowest BCUT2D eigenvalue weighted by Crippen LogP contribution is -2.17. The Morgan fingerprint density at radius 1 is 0.967 bits per heavy atom. The van der Waals surface area contributed by atoms with Gasteiger partial charge in [0.1, 0.15) is 22.9 Å². The molecule has 0 bridgehead atoms. The number of aliphatic hydroxyl groups excluding tert-OH is 1. The van der Waals surface area contributed by atoms with E-state index in [1.165, 1.54) is 12.1 Å². The maximum absolute atomic E-state index is 14.0. The van der Waals surface area contributed by atoms with E-state index in [0.717, 1.165) is 18.2 Å². The monoisotopic (exact) mass is 419 g/mol. The highest BCUT2D eigenvalue weighted by molar-refractivity contribution is 6.07. The summed E-state index contributed by atoms with van der Waals surface area (Å²) in [6.07, 6.45) is -0.0515. The lowest BCUT2D eigenvalue weighted by Gasteiger charge is -2.19. The van der Waals surface area contributed by atoms with Crippen molar-refractivity contribution in [2.24, 2.45) is 0 Å². The summed E-state index contributed by atoms with van der Waals surface area (Å²) >= 11 is 0. The van der Waals surface area contributed by atoms with Gasteiger partial charge < -0.3 is 15.2 Å². The van der Waals surface area contributed by atoms with Gasteiger partial charge in [-0.25, -0.2) is 8.78 Å². The number of alkyl halides is 2. The third-order valence-corrected chi connectivity index (χ3v) is 4.35. The van der Waals surface area contributed by atoms with Crippen LogP contribution in [0.1, 0.15) is 15.9 Å². The van der Waals surface area contributed by atoms with E-state index in [2.05, 4.69) is 10.1 Å². The summed E-state index contributed by atoms with van der Waals surface area (Å²) in [5.41, 5.74) is 0.403. The molecule has 1 amide bonds. The van der Waals surface area contributed by atoms with Crippen LogP contribution in [0.5, 0.6) is 5.75 Å². The maximum atomic E-state index is 14.0. The smallest absolute Gasteiger partial charge is 0.387 e. The molecule has 3 aromatic carbocycles. The van der Waals surface area contributed by atoms with Gasteiger partial charge in [-0.05, 0) is 36.2 Å². The van der Waals surface area contributed by atoms with Gasteiger partial charge in [-0.15, -0.1) is 0 Å². The molecule has 0 spiro atoms. The first kappa shape index (κ1) is 21.3. The number of hydrogen-bond donors (Lipinski definition) is 2. The molecule has 30 heavy (non-hydrogen) atoms. The van der Waals surface area contributed by atoms with Crippen LogP contribution >= 0.6 is 0 Å². The van der Waals surface area contributed by atoms with Gasteiger partial charge in [0.2, 0.25) is 0 Å². The lowest BCUT2D eigenvalue weighted by molar-refractivity contribution is -0.0504. The minimum absolute atomic E-state index is 0.0515. The molecule has 0 aromatic heterocycles. The molecule has 0 heterocycles. The zero-order valence-electron chi connectivity index (χ0n) is 15.5. The SMILES string of the molecule is O=C(Nc1ccc(OC(F)F)c(CCO)c1-c1ccccc1)c1c(F)cccc1F. The number of halogens is 4. The standard InChI is InChI=1S/C22H17F4NO3/c23-15-7-4-8-16(24)20(15)21(29)27-17-9-10-18(30-22(25)26)14(11-12-28)19(17)13-5-2-1-3-6-13/h1-10,22,28H,11-12H2,(H,27,29). The summed E-state index contributed by atoms with van der Waals surface area (Å²) in [5, 5.41) is 11.9. The summed E-state index contributed by atoms with van der Waals surface area (Å²) in [6.45, 7) is -3.47. The fraction of sp³-hybridized carbons (Fsp3) is 0.136. The van der Waals surface area contributed by atoms with Crippen molar-refractivity contribution in [1.29, 1.82) is 0 Å². The zero-order valence-corrected chi connectivity index (χ0v) is 15.5. The molecule has 0 saturated carbocycles. The molecule has 156 valence electrons. The van der Waals surface area contributed by atoms with Gasteiger partial charge in [-0.3, -0.25) is 4.79 Å². The number of rotatable bonds is 7. The van der Waals surface area contributed by atoms with Crippen molar-refractivity contribution in [3.8, 4) is 16.9 Å². The first-order chi connectivity index (χ1) is 14.4. The fourth-order valence-corrected chi connectivity index (χ4v) is 3.13. The van der Waals surface area contributed by atoms with Gasteiger partial charge in [-0.2, -0.15) is 8.78 Å². The maximum Gasteiger partial charge on any atom is 0.387 e. The van der Waals surface area contributed by atoms with Gasteiger partial charge in [0.25, 0.3) is 5.91 Å². The van der Waals surface area contributed by atoms with Crippen molar-refractivity contribution in [3.05, 3.63) is 83.4 Å². The number of carbonyl (C=O) groups excluding carboxylic acids is 1. The molecule has 0 unspecified atom stereocenters. The minimum atomic E-state index is -3.10. The van der Waals surface area contributed by atoms with E-state index in [9.17, 15) is 27.5 Å². The first-order valence-corrected chi connectivity index (χ1v) is 8.94. The Morgan fingerprint density at radius 2 is 1.63 bits per heavy atom. The average Bonchev–Trinajstić information content (AvgIpc) is 2.70. The second-order valence-corrected chi connectivity index (χ2v) is 6.23. The number of amides is 1. The van der Waals surface area contributed by atoms with Crippen molar-refractivity contribution >= 4 is 11.6 Å². The van der Waals surface area contributed by atoms with Gasteiger partial charge >= 0.3 is 6.61 Å². The Hall–Kier alpha value is -3.39. The molecule has 4 nitrogen and oxygen atoms in total. The largest absolute Gasteiger partial charge is 0.435 e. The Morgan fingerprint density at radius 3 is 2.23 bits per heavy atom. The predicted molar refractivity (Wildman–Crippen MR) is 104 cm³/mol. The quantitative estimate of drug-likeness (QED) is 0.529. The highest BCUT2D eigenvalue weighted by Gasteiger charge is 2.22. The Bertz CT molecular complexity index is 1020. The second kappa shape index (κ2) is 9.41. The third kappa shape index (κ3) is 4.60. The number of carbonyl (C=O) groups is 1. The summed E-state index contributed by atoms with van der Waals surface area (Å²) in [5.74, 6) is -3.29. The number of anilines is 1. The summed E-state index contributed by atoms with van der Waals surface area (Å²) < 4.78 is 58.3. The van der Waals surface area contributed by atoms with Crippen LogP contribution in [0.25, 0.3) is 11.1 Å². The number of nitrogens with one attached hydrogen (secondary N) is 1. The molecule has 0 atom stereocenters. The Kier molecular flexibility index (Phi) is 6.68. The van der Waals surface area contributed by atoms with Crippen molar-refractivity contribution in [1.82, 2.24) is 0 Å². The van der Waals surface area contributed by atoms with Crippen molar-refractivity contribution in [2.45, 2.75) is 13.0 Å². The van der Waals surface area contributed by atoms with Gasteiger partial charge in [0, 0.05) is 23.4 Å². The normalized spacial score (nSPS) is 10.9. The van der Waals surface area contributed by atoms with Crippen LogP contribution < -0.4 is 10.1 Å². The number of hydrogen-bond acceptors (Lipinski definition) is 3. The van der Waals surface area contributed by atoms with Crippen LogP contribution in [0.3, 0.4) is 0 Å². The van der Waals surface area contributed by atoms with Crippen LogP contribution in [0.2, 0.25) is 0 Å². The molecule has 3 aromatic rings. The molecule has 0 aliphatic carbocycles. The Labute approximate surface area is 169 Å². The van der Waals surface area contributed by atoms with Crippen LogP contribution in [-0.2, 0) is 6.42 Å². The Balaban J connectivity index is 2.14. The minimum Gasteiger partial charge on any atom is -0.435 e. The molecular weight excluding hydrogens is 402 g/mol.